The second-order valence-electron chi connectivity index (χ2n) is 9.28. The highest BCUT2D eigenvalue weighted by atomic mass is 35.5. The lowest BCUT2D eigenvalue weighted by Crippen LogP contribution is -2.52. The lowest BCUT2D eigenvalue weighted by Gasteiger charge is -2.33. The third-order valence-corrected chi connectivity index (χ3v) is 8.71. The van der Waals surface area contributed by atoms with Crippen LogP contribution in [0.25, 0.3) is 0 Å². The van der Waals surface area contributed by atoms with Crippen molar-refractivity contribution in [2.24, 2.45) is 0 Å². The van der Waals surface area contributed by atoms with E-state index in [0.29, 0.717) is 29.2 Å². The van der Waals surface area contributed by atoms with Gasteiger partial charge in [-0.2, -0.15) is 0 Å². The van der Waals surface area contributed by atoms with Crippen molar-refractivity contribution in [3.05, 3.63) is 95.0 Å². The van der Waals surface area contributed by atoms with E-state index in [9.17, 15) is 18.0 Å². The Hall–Kier alpha value is -3.36. The van der Waals surface area contributed by atoms with Crippen LogP contribution in [0, 0.1) is 6.92 Å². The van der Waals surface area contributed by atoms with E-state index in [0.717, 1.165) is 22.7 Å². The molecule has 7 nitrogen and oxygen atoms in total. The minimum Gasteiger partial charge on any atom is -0.354 e. The summed E-state index contributed by atoms with van der Waals surface area (Å²) in [5, 5.41) is 3.32. The molecular formula is C30H36ClN3O4S. The molecule has 0 aliphatic carbocycles. The van der Waals surface area contributed by atoms with Crippen molar-refractivity contribution >= 4 is 39.1 Å². The molecule has 1 atom stereocenters. The minimum atomic E-state index is -4.14. The van der Waals surface area contributed by atoms with Crippen molar-refractivity contribution in [2.45, 2.75) is 57.5 Å². The van der Waals surface area contributed by atoms with Crippen LogP contribution in [0.4, 0.5) is 5.69 Å². The Balaban J connectivity index is 2.05. The Morgan fingerprint density at radius 2 is 1.56 bits per heavy atom. The third-order valence-electron chi connectivity index (χ3n) is 6.53. The molecule has 0 aliphatic heterocycles. The second kappa shape index (κ2) is 14.1. The number of sulfonamides is 1. The highest BCUT2D eigenvalue weighted by Crippen LogP contribution is 2.31. The van der Waals surface area contributed by atoms with Gasteiger partial charge >= 0.3 is 0 Å². The van der Waals surface area contributed by atoms with Crippen LogP contribution in [0.2, 0.25) is 5.02 Å². The summed E-state index contributed by atoms with van der Waals surface area (Å²) in [6.45, 7) is 5.77. The zero-order valence-corrected chi connectivity index (χ0v) is 24.2. The molecule has 0 heterocycles. The van der Waals surface area contributed by atoms with Gasteiger partial charge in [0.2, 0.25) is 11.8 Å². The summed E-state index contributed by atoms with van der Waals surface area (Å²) in [6, 6.07) is 21.5. The zero-order chi connectivity index (χ0) is 28.4. The molecule has 0 aromatic heterocycles. The topological polar surface area (TPSA) is 86.8 Å². The summed E-state index contributed by atoms with van der Waals surface area (Å²) >= 11 is 6.37. The molecule has 39 heavy (non-hydrogen) atoms. The molecule has 0 saturated heterocycles. The largest absolute Gasteiger partial charge is 0.354 e. The monoisotopic (exact) mass is 569 g/mol. The minimum absolute atomic E-state index is 0.0520. The molecule has 0 fully saturated rings. The van der Waals surface area contributed by atoms with E-state index in [4.69, 9.17) is 11.6 Å². The Kier molecular flexibility index (Phi) is 10.9. The quantitative estimate of drug-likeness (QED) is 0.273. The van der Waals surface area contributed by atoms with Crippen LogP contribution in [-0.2, 0) is 26.2 Å². The first-order valence-corrected chi connectivity index (χ1v) is 15.0. The number of amides is 2. The number of benzene rings is 3. The van der Waals surface area contributed by atoms with Crippen LogP contribution in [0.5, 0.6) is 0 Å². The normalized spacial score (nSPS) is 12.0. The fourth-order valence-corrected chi connectivity index (χ4v) is 5.97. The molecule has 2 amide bonds. The first-order chi connectivity index (χ1) is 18.7. The molecule has 1 N–H and O–H groups in total. The Morgan fingerprint density at radius 3 is 2.18 bits per heavy atom. The maximum absolute atomic E-state index is 14.0. The van der Waals surface area contributed by atoms with Crippen LogP contribution < -0.4 is 9.62 Å². The number of hydrogen-bond acceptors (Lipinski definition) is 4. The summed E-state index contributed by atoms with van der Waals surface area (Å²) in [7, 11) is -4.14. The highest BCUT2D eigenvalue weighted by Gasteiger charge is 2.34. The number of halogens is 1. The number of nitrogens with one attached hydrogen (secondary N) is 1. The lowest BCUT2D eigenvalue weighted by atomic mass is 10.1. The van der Waals surface area contributed by atoms with Gasteiger partial charge in [0.05, 0.1) is 10.6 Å². The number of unbranched alkanes of at least 4 members (excludes halogenated alkanes) is 1. The van der Waals surface area contributed by atoms with Crippen LogP contribution in [0.1, 0.15) is 44.2 Å². The average molecular weight is 570 g/mol. The van der Waals surface area contributed by atoms with Gasteiger partial charge in [-0.15, -0.1) is 0 Å². The van der Waals surface area contributed by atoms with Gasteiger partial charge in [-0.25, -0.2) is 8.42 Å². The van der Waals surface area contributed by atoms with E-state index < -0.39 is 28.5 Å². The van der Waals surface area contributed by atoms with E-state index in [1.54, 1.807) is 43.3 Å². The molecule has 0 unspecified atom stereocenters. The van der Waals surface area contributed by atoms with Gasteiger partial charge in [0, 0.05) is 18.1 Å². The van der Waals surface area contributed by atoms with Gasteiger partial charge in [-0.3, -0.25) is 13.9 Å². The number of carbonyl (C=O) groups is 2. The van der Waals surface area contributed by atoms with Crippen molar-refractivity contribution in [3.8, 4) is 0 Å². The summed E-state index contributed by atoms with van der Waals surface area (Å²) in [5.74, 6) is -0.748. The molecule has 0 spiro atoms. The van der Waals surface area contributed by atoms with Gasteiger partial charge < -0.3 is 10.2 Å². The molecular weight excluding hydrogens is 534 g/mol. The van der Waals surface area contributed by atoms with Crippen molar-refractivity contribution in [1.82, 2.24) is 10.2 Å². The number of hydrogen-bond donors (Lipinski definition) is 1. The number of anilines is 1. The van der Waals surface area contributed by atoms with Crippen molar-refractivity contribution < 1.29 is 18.0 Å². The van der Waals surface area contributed by atoms with Gasteiger partial charge in [-0.1, -0.05) is 86.5 Å². The summed E-state index contributed by atoms with van der Waals surface area (Å²) < 4.78 is 28.9. The summed E-state index contributed by atoms with van der Waals surface area (Å²) in [5.41, 5.74) is 1.67. The van der Waals surface area contributed by atoms with E-state index in [1.165, 1.54) is 17.0 Å². The van der Waals surface area contributed by atoms with Crippen LogP contribution in [0.3, 0.4) is 0 Å². The van der Waals surface area contributed by atoms with Gasteiger partial charge in [0.1, 0.15) is 12.6 Å². The Morgan fingerprint density at radius 1 is 0.923 bits per heavy atom. The predicted molar refractivity (Wildman–Crippen MR) is 156 cm³/mol. The number of rotatable bonds is 13. The molecule has 0 aliphatic rings. The lowest BCUT2D eigenvalue weighted by molar-refractivity contribution is -0.140. The molecule has 0 saturated carbocycles. The molecule has 3 aromatic rings. The number of nitrogens with zero attached hydrogens (tertiary/aromatic N) is 2. The molecule has 3 aromatic carbocycles. The number of carbonyl (C=O) groups excluding carboxylic acids is 2. The van der Waals surface area contributed by atoms with E-state index in [2.05, 4.69) is 5.32 Å². The molecule has 3 rings (SSSR count). The SMILES string of the molecule is CCCCNC(=O)[C@@H](CC)N(Cc1ccccc1)C(=O)CN(c1cccc(Cl)c1C)S(=O)(=O)c1ccccc1. The molecule has 0 radical (unpaired) electrons. The van der Waals surface area contributed by atoms with Crippen LogP contribution in [0.15, 0.2) is 83.8 Å². The summed E-state index contributed by atoms with van der Waals surface area (Å²) in [6.07, 6.45) is 2.12. The maximum atomic E-state index is 14.0. The Bertz CT molecular complexity index is 1350. The zero-order valence-electron chi connectivity index (χ0n) is 22.6. The van der Waals surface area contributed by atoms with E-state index in [-0.39, 0.29) is 17.3 Å². The van der Waals surface area contributed by atoms with Crippen molar-refractivity contribution in [1.29, 1.82) is 0 Å². The first-order valence-electron chi connectivity index (χ1n) is 13.1. The standard InChI is InChI=1S/C30H36ClN3O4S/c1-4-6-20-32-30(36)27(5-2)33(21-24-14-9-7-10-15-24)29(35)22-34(28-19-13-18-26(31)23(28)3)39(37,38)25-16-11-8-12-17-25/h7-19,27H,4-6,20-22H2,1-3H3,(H,32,36)/t27-/m1/s1. The Labute approximate surface area is 236 Å². The third kappa shape index (κ3) is 7.61. The molecule has 9 heteroatoms. The fraction of sp³-hybridized carbons (Fsp3) is 0.333. The van der Waals surface area contributed by atoms with Crippen molar-refractivity contribution in [2.75, 3.05) is 17.4 Å². The van der Waals surface area contributed by atoms with Crippen molar-refractivity contribution in [3.63, 3.8) is 0 Å². The van der Waals surface area contributed by atoms with Gasteiger partial charge in [0.25, 0.3) is 10.0 Å². The van der Waals surface area contributed by atoms with Gasteiger partial charge in [0.15, 0.2) is 0 Å². The smallest absolute Gasteiger partial charge is 0.264 e. The maximum Gasteiger partial charge on any atom is 0.264 e. The fourth-order valence-electron chi connectivity index (χ4n) is 4.31. The van der Waals surface area contributed by atoms with Crippen LogP contribution in [-0.4, -0.2) is 44.3 Å². The second-order valence-corrected chi connectivity index (χ2v) is 11.6. The summed E-state index contributed by atoms with van der Waals surface area (Å²) in [4.78, 5) is 28.8. The van der Waals surface area contributed by atoms with Gasteiger partial charge in [-0.05, 0) is 55.2 Å². The first kappa shape index (κ1) is 30.2. The molecule has 0 bridgehead atoms. The average Bonchev–Trinajstić information content (AvgIpc) is 2.94. The highest BCUT2D eigenvalue weighted by molar-refractivity contribution is 7.92. The van der Waals surface area contributed by atoms with E-state index >= 15 is 0 Å². The molecule has 208 valence electrons. The van der Waals surface area contributed by atoms with E-state index in [1.807, 2.05) is 44.2 Å². The predicted octanol–water partition coefficient (Wildman–Crippen LogP) is 5.57. The van der Waals surface area contributed by atoms with Crippen LogP contribution >= 0.6 is 11.6 Å².